The van der Waals surface area contributed by atoms with Gasteiger partial charge in [0, 0.05) is 5.56 Å². The van der Waals surface area contributed by atoms with Crippen molar-refractivity contribution in [3.05, 3.63) is 29.8 Å². The summed E-state index contributed by atoms with van der Waals surface area (Å²) in [5, 5.41) is 8.54. The minimum absolute atomic E-state index is 0.0216. The predicted octanol–water partition coefficient (Wildman–Crippen LogP) is 1.65. The van der Waals surface area contributed by atoms with Crippen molar-refractivity contribution < 1.29 is 9.84 Å². The summed E-state index contributed by atoms with van der Waals surface area (Å²) in [6.45, 7) is 0.334. The lowest BCUT2D eigenvalue weighted by atomic mass is 10.2. The zero-order valence-electron chi connectivity index (χ0n) is 7.66. The summed E-state index contributed by atoms with van der Waals surface area (Å²) in [5.74, 6) is 6.72. The second-order valence-corrected chi connectivity index (χ2v) is 2.80. The van der Waals surface area contributed by atoms with Gasteiger partial charge in [0.05, 0.1) is 12.5 Å². The first kappa shape index (κ1) is 10.9. The first-order chi connectivity index (χ1) is 6.86. The number of aliphatic hydroxyl groups excluding tert-OH is 1. The van der Waals surface area contributed by atoms with Crippen LogP contribution in [0.4, 0.5) is 0 Å². The van der Waals surface area contributed by atoms with Gasteiger partial charge in [0.25, 0.3) is 0 Å². The molecule has 0 heterocycles. The van der Waals surface area contributed by atoms with E-state index >= 15 is 0 Å². The Hall–Kier alpha value is -1.17. The molecule has 0 saturated carbocycles. The molecule has 0 aromatic heterocycles. The van der Waals surface area contributed by atoms with Crippen LogP contribution in [0.5, 0.6) is 5.75 Å². The average molecular weight is 211 g/mol. The topological polar surface area (TPSA) is 29.5 Å². The molecule has 1 N–H and O–H groups in total. The van der Waals surface area contributed by atoms with Crippen LogP contribution in [0.2, 0.25) is 0 Å². The molecule has 0 unspecified atom stereocenters. The van der Waals surface area contributed by atoms with E-state index in [-0.39, 0.29) is 6.61 Å². The fraction of sp³-hybridized carbons (Fsp3) is 0.273. The summed E-state index contributed by atoms with van der Waals surface area (Å²) in [7, 11) is 0. The van der Waals surface area contributed by atoms with Crippen LogP contribution in [-0.2, 0) is 0 Å². The highest BCUT2D eigenvalue weighted by Crippen LogP contribution is 2.10. The normalized spacial score (nSPS) is 9.00. The number of rotatable bonds is 3. The summed E-state index contributed by atoms with van der Waals surface area (Å²) < 4.78 is 5.19. The highest BCUT2D eigenvalue weighted by Gasteiger charge is 1.92. The Morgan fingerprint density at radius 3 is 2.57 bits per heavy atom. The van der Waals surface area contributed by atoms with E-state index in [1.54, 1.807) is 0 Å². The predicted molar refractivity (Wildman–Crippen MR) is 56.6 cm³/mol. The summed E-state index contributed by atoms with van der Waals surface area (Å²) in [6, 6.07) is 7.33. The Labute approximate surface area is 88.5 Å². The Morgan fingerprint density at radius 1 is 1.29 bits per heavy atom. The Balaban J connectivity index is 2.59. The number of halogens is 1. The smallest absolute Gasteiger partial charge is 0.119 e. The maximum Gasteiger partial charge on any atom is 0.119 e. The number of hydrogen-bond donors (Lipinski definition) is 1. The molecule has 3 heteroatoms. The van der Waals surface area contributed by atoms with Gasteiger partial charge in [-0.1, -0.05) is 11.8 Å². The molecule has 0 amide bonds. The molecular weight excluding hydrogens is 200 g/mol. The minimum atomic E-state index is 0.0216. The zero-order chi connectivity index (χ0) is 10.2. The summed E-state index contributed by atoms with van der Waals surface area (Å²) in [4.78, 5) is 0. The number of aliphatic hydroxyl groups is 1. The summed E-state index contributed by atoms with van der Waals surface area (Å²) in [6.07, 6.45) is 0. The first-order valence-corrected chi connectivity index (χ1v) is 4.79. The van der Waals surface area contributed by atoms with Gasteiger partial charge in [-0.2, -0.15) is 0 Å². The SMILES string of the molecule is OCCOc1ccc(C#CCCl)cc1. The molecule has 0 atom stereocenters. The van der Waals surface area contributed by atoms with Crippen LogP contribution < -0.4 is 4.74 Å². The van der Waals surface area contributed by atoms with Gasteiger partial charge in [0.2, 0.25) is 0 Å². The third-order valence-electron chi connectivity index (χ3n) is 1.51. The van der Waals surface area contributed by atoms with E-state index in [0.29, 0.717) is 12.5 Å². The summed E-state index contributed by atoms with van der Waals surface area (Å²) in [5.41, 5.74) is 0.905. The van der Waals surface area contributed by atoms with Gasteiger partial charge in [-0.25, -0.2) is 0 Å². The second kappa shape index (κ2) is 6.31. The van der Waals surface area contributed by atoms with Gasteiger partial charge in [-0.3, -0.25) is 0 Å². The van der Waals surface area contributed by atoms with Crippen molar-refractivity contribution in [2.45, 2.75) is 0 Å². The van der Waals surface area contributed by atoms with E-state index < -0.39 is 0 Å². The first-order valence-electron chi connectivity index (χ1n) is 4.25. The molecule has 0 spiro atoms. The molecule has 0 bridgehead atoms. The quantitative estimate of drug-likeness (QED) is 0.607. The fourth-order valence-corrected chi connectivity index (χ4v) is 1.00. The maximum absolute atomic E-state index is 8.54. The number of hydrogen-bond acceptors (Lipinski definition) is 2. The van der Waals surface area contributed by atoms with Crippen LogP contribution in [0.3, 0.4) is 0 Å². The van der Waals surface area contributed by atoms with E-state index in [1.807, 2.05) is 24.3 Å². The van der Waals surface area contributed by atoms with E-state index in [2.05, 4.69) is 11.8 Å². The lowest BCUT2D eigenvalue weighted by Crippen LogP contribution is -2.01. The van der Waals surface area contributed by atoms with Crippen LogP contribution in [0.25, 0.3) is 0 Å². The molecule has 14 heavy (non-hydrogen) atoms. The van der Waals surface area contributed by atoms with Crippen molar-refractivity contribution in [2.24, 2.45) is 0 Å². The van der Waals surface area contributed by atoms with Crippen LogP contribution >= 0.6 is 11.6 Å². The van der Waals surface area contributed by atoms with Gasteiger partial charge in [-0.15, -0.1) is 11.6 Å². The molecule has 2 nitrogen and oxygen atoms in total. The molecule has 0 aliphatic carbocycles. The van der Waals surface area contributed by atoms with Gasteiger partial charge < -0.3 is 9.84 Å². The Kier molecular flexibility index (Phi) is 4.92. The van der Waals surface area contributed by atoms with Crippen molar-refractivity contribution in [2.75, 3.05) is 19.1 Å². The van der Waals surface area contributed by atoms with Crippen molar-refractivity contribution >= 4 is 11.6 Å². The monoisotopic (exact) mass is 210 g/mol. The highest BCUT2D eigenvalue weighted by molar-refractivity contribution is 6.19. The average Bonchev–Trinajstić information content (AvgIpc) is 2.25. The molecule has 0 fully saturated rings. The molecule has 0 aliphatic heterocycles. The highest BCUT2D eigenvalue weighted by atomic mass is 35.5. The molecule has 0 saturated heterocycles. The third-order valence-corrected chi connectivity index (χ3v) is 1.65. The Morgan fingerprint density at radius 2 is 2.00 bits per heavy atom. The standard InChI is InChI=1S/C11H11ClO2/c12-7-1-2-10-3-5-11(6-4-10)14-9-8-13/h3-6,13H,7-9H2. The van der Waals surface area contributed by atoms with Crippen LogP contribution in [-0.4, -0.2) is 24.2 Å². The van der Waals surface area contributed by atoms with E-state index in [0.717, 1.165) is 11.3 Å². The zero-order valence-corrected chi connectivity index (χ0v) is 8.42. The molecule has 0 radical (unpaired) electrons. The van der Waals surface area contributed by atoms with Gasteiger partial charge in [-0.05, 0) is 24.3 Å². The largest absolute Gasteiger partial charge is 0.491 e. The van der Waals surface area contributed by atoms with E-state index in [1.165, 1.54) is 0 Å². The number of alkyl halides is 1. The number of benzene rings is 1. The second-order valence-electron chi connectivity index (χ2n) is 2.53. The molecular formula is C11H11ClO2. The van der Waals surface area contributed by atoms with Gasteiger partial charge >= 0.3 is 0 Å². The van der Waals surface area contributed by atoms with Crippen LogP contribution in [0.1, 0.15) is 5.56 Å². The van der Waals surface area contributed by atoms with E-state index in [9.17, 15) is 0 Å². The fourth-order valence-electron chi connectivity index (χ4n) is 0.933. The number of ether oxygens (including phenoxy) is 1. The molecule has 1 aromatic carbocycles. The van der Waals surface area contributed by atoms with Gasteiger partial charge in [0.15, 0.2) is 0 Å². The van der Waals surface area contributed by atoms with Crippen LogP contribution in [0.15, 0.2) is 24.3 Å². The minimum Gasteiger partial charge on any atom is -0.491 e. The molecule has 1 rings (SSSR count). The third kappa shape index (κ3) is 3.69. The van der Waals surface area contributed by atoms with Crippen molar-refractivity contribution in [1.82, 2.24) is 0 Å². The summed E-state index contributed by atoms with van der Waals surface area (Å²) >= 11 is 5.43. The van der Waals surface area contributed by atoms with Crippen molar-refractivity contribution in [1.29, 1.82) is 0 Å². The van der Waals surface area contributed by atoms with Crippen molar-refractivity contribution in [3.63, 3.8) is 0 Å². The molecule has 0 aliphatic rings. The lowest BCUT2D eigenvalue weighted by Gasteiger charge is -2.02. The maximum atomic E-state index is 8.54. The van der Waals surface area contributed by atoms with Crippen LogP contribution in [0, 0.1) is 11.8 Å². The molecule has 1 aromatic rings. The lowest BCUT2D eigenvalue weighted by molar-refractivity contribution is 0.201. The molecule has 74 valence electrons. The Bertz CT molecular complexity index is 321. The van der Waals surface area contributed by atoms with E-state index in [4.69, 9.17) is 21.4 Å². The van der Waals surface area contributed by atoms with Crippen molar-refractivity contribution in [3.8, 4) is 17.6 Å². The van der Waals surface area contributed by atoms with Gasteiger partial charge in [0.1, 0.15) is 12.4 Å².